The average Bonchev–Trinajstić information content (AvgIpc) is 2.80. The van der Waals surface area contributed by atoms with E-state index >= 15 is 0 Å². The summed E-state index contributed by atoms with van der Waals surface area (Å²) in [7, 11) is 5.96. The SMILES string of the molecule is COc1cccc2c1-c1ccc3c(c1C(c1cccc(CCN(C)C)c1)O2)C(C)=CC(C)(C)N3. The maximum Gasteiger partial charge on any atom is 0.150 e. The van der Waals surface area contributed by atoms with Crippen LogP contribution >= 0.6 is 0 Å². The van der Waals surface area contributed by atoms with E-state index in [1.165, 1.54) is 33.4 Å². The van der Waals surface area contributed by atoms with Gasteiger partial charge in [0.25, 0.3) is 0 Å². The number of allylic oxidation sites excluding steroid dienone is 1. The van der Waals surface area contributed by atoms with Gasteiger partial charge in [-0.2, -0.15) is 0 Å². The minimum absolute atomic E-state index is 0.0992. The fourth-order valence-electron chi connectivity index (χ4n) is 5.37. The van der Waals surface area contributed by atoms with E-state index in [4.69, 9.17) is 9.47 Å². The lowest BCUT2D eigenvalue weighted by molar-refractivity contribution is 0.241. The van der Waals surface area contributed by atoms with Crippen LogP contribution in [0, 0.1) is 0 Å². The van der Waals surface area contributed by atoms with E-state index in [1.54, 1.807) is 7.11 Å². The summed E-state index contributed by atoms with van der Waals surface area (Å²) in [6.07, 6.45) is 3.12. The van der Waals surface area contributed by atoms with Crippen molar-refractivity contribution in [3.05, 3.63) is 82.9 Å². The number of anilines is 1. The number of benzene rings is 3. The summed E-state index contributed by atoms with van der Waals surface area (Å²) in [4.78, 5) is 2.22. The summed E-state index contributed by atoms with van der Waals surface area (Å²) in [5, 5.41) is 3.72. The molecule has 1 unspecified atom stereocenters. The Labute approximate surface area is 203 Å². The lowest BCUT2D eigenvalue weighted by atomic mass is 9.80. The maximum absolute atomic E-state index is 6.79. The standard InChI is InChI=1S/C30H34N2O2/c1-19-18-30(2,3)31-23-14-13-22-27-24(33-6)11-8-12-25(27)34-29(28(22)26(19)23)21-10-7-9-20(17-21)15-16-32(4)5/h7-14,17-18,29,31H,15-16H2,1-6H3. The second kappa shape index (κ2) is 8.52. The Morgan fingerprint density at radius 2 is 1.82 bits per heavy atom. The van der Waals surface area contributed by atoms with Gasteiger partial charge in [-0.25, -0.2) is 0 Å². The minimum atomic E-state index is -0.199. The third kappa shape index (κ3) is 3.97. The normalized spacial score (nSPS) is 17.6. The lowest BCUT2D eigenvalue weighted by Crippen LogP contribution is -2.32. The van der Waals surface area contributed by atoms with Gasteiger partial charge >= 0.3 is 0 Å². The number of methoxy groups -OCH3 is 1. The van der Waals surface area contributed by atoms with Gasteiger partial charge in [-0.1, -0.05) is 42.5 Å². The van der Waals surface area contributed by atoms with Crippen molar-refractivity contribution in [3.63, 3.8) is 0 Å². The lowest BCUT2D eigenvalue weighted by Gasteiger charge is -2.37. The summed E-state index contributed by atoms with van der Waals surface area (Å²) < 4.78 is 12.6. The highest BCUT2D eigenvalue weighted by molar-refractivity contribution is 5.91. The van der Waals surface area contributed by atoms with Crippen LogP contribution in [0.3, 0.4) is 0 Å². The van der Waals surface area contributed by atoms with Gasteiger partial charge < -0.3 is 19.7 Å². The molecule has 2 heterocycles. The molecule has 3 aromatic carbocycles. The summed E-state index contributed by atoms with van der Waals surface area (Å²) in [6.45, 7) is 7.64. The minimum Gasteiger partial charge on any atom is -0.496 e. The Bertz CT molecular complexity index is 1270. The number of hydrogen-bond acceptors (Lipinski definition) is 4. The molecule has 0 radical (unpaired) electrons. The van der Waals surface area contributed by atoms with Gasteiger partial charge in [0.15, 0.2) is 6.10 Å². The first-order valence-electron chi connectivity index (χ1n) is 12.0. The van der Waals surface area contributed by atoms with Gasteiger partial charge in [-0.3, -0.25) is 0 Å². The molecule has 1 atom stereocenters. The number of fused-ring (bicyclic) bond motifs is 5. The van der Waals surface area contributed by atoms with Crippen LogP contribution in [0.15, 0.2) is 60.7 Å². The van der Waals surface area contributed by atoms with Gasteiger partial charge in [-0.05, 0) is 81.7 Å². The Kier molecular flexibility index (Phi) is 5.65. The molecule has 0 aliphatic carbocycles. The number of nitrogens with zero attached hydrogens (tertiary/aromatic N) is 1. The molecule has 4 nitrogen and oxygen atoms in total. The first-order valence-corrected chi connectivity index (χ1v) is 12.0. The molecule has 2 aliphatic heterocycles. The van der Waals surface area contributed by atoms with Crippen molar-refractivity contribution < 1.29 is 9.47 Å². The first-order chi connectivity index (χ1) is 16.3. The number of hydrogen-bond donors (Lipinski definition) is 1. The Morgan fingerprint density at radius 1 is 1.03 bits per heavy atom. The molecule has 5 rings (SSSR count). The highest BCUT2D eigenvalue weighted by atomic mass is 16.5. The number of likely N-dealkylation sites (N-methyl/N-ethyl adjacent to an activating group) is 1. The van der Waals surface area contributed by atoms with Crippen LogP contribution in [-0.4, -0.2) is 38.2 Å². The summed E-state index contributed by atoms with van der Waals surface area (Å²) in [5.41, 5.74) is 9.47. The molecule has 0 saturated heterocycles. The van der Waals surface area contributed by atoms with Crippen LogP contribution in [0.25, 0.3) is 16.7 Å². The zero-order valence-corrected chi connectivity index (χ0v) is 21.0. The van der Waals surface area contributed by atoms with Crippen LogP contribution < -0.4 is 14.8 Å². The zero-order valence-electron chi connectivity index (χ0n) is 21.0. The van der Waals surface area contributed by atoms with E-state index < -0.39 is 0 Å². The monoisotopic (exact) mass is 454 g/mol. The molecule has 0 amide bonds. The van der Waals surface area contributed by atoms with Crippen LogP contribution in [0.4, 0.5) is 5.69 Å². The highest BCUT2D eigenvalue weighted by Crippen LogP contribution is 2.53. The van der Waals surface area contributed by atoms with Crippen molar-refractivity contribution in [2.24, 2.45) is 0 Å². The summed E-state index contributed by atoms with van der Waals surface area (Å²) >= 11 is 0. The predicted molar refractivity (Wildman–Crippen MR) is 141 cm³/mol. The summed E-state index contributed by atoms with van der Waals surface area (Å²) in [5.74, 6) is 1.70. The van der Waals surface area contributed by atoms with Crippen LogP contribution in [0.1, 0.15) is 49.1 Å². The van der Waals surface area contributed by atoms with Gasteiger partial charge in [0.05, 0.1) is 18.2 Å². The smallest absolute Gasteiger partial charge is 0.150 e. The second-order valence-electron chi connectivity index (χ2n) is 10.3. The Morgan fingerprint density at radius 3 is 2.59 bits per heavy atom. The van der Waals surface area contributed by atoms with Crippen LogP contribution in [-0.2, 0) is 6.42 Å². The topological polar surface area (TPSA) is 33.7 Å². The molecule has 0 bridgehead atoms. The van der Waals surface area contributed by atoms with Crippen molar-refractivity contribution in [3.8, 4) is 22.6 Å². The van der Waals surface area contributed by atoms with E-state index in [0.717, 1.165) is 35.7 Å². The molecular weight excluding hydrogens is 420 g/mol. The van der Waals surface area contributed by atoms with E-state index in [0.29, 0.717) is 0 Å². The van der Waals surface area contributed by atoms with Crippen molar-refractivity contribution in [1.29, 1.82) is 0 Å². The van der Waals surface area contributed by atoms with Gasteiger partial charge in [0.1, 0.15) is 11.5 Å². The molecular formula is C30H34N2O2. The molecule has 4 heteroatoms. The predicted octanol–water partition coefficient (Wildman–Crippen LogP) is 6.56. The van der Waals surface area contributed by atoms with Crippen molar-refractivity contribution in [2.75, 3.05) is 33.1 Å². The molecule has 3 aromatic rings. The Balaban J connectivity index is 1.72. The highest BCUT2D eigenvalue weighted by Gasteiger charge is 2.35. The fraction of sp³-hybridized carbons (Fsp3) is 0.333. The number of rotatable bonds is 5. The second-order valence-corrected chi connectivity index (χ2v) is 10.3. The van der Waals surface area contributed by atoms with E-state index in [2.05, 4.69) is 87.6 Å². The van der Waals surface area contributed by atoms with E-state index in [9.17, 15) is 0 Å². The van der Waals surface area contributed by atoms with E-state index in [1.807, 2.05) is 18.2 Å². The molecule has 34 heavy (non-hydrogen) atoms. The van der Waals surface area contributed by atoms with Crippen molar-refractivity contribution in [1.82, 2.24) is 4.90 Å². The van der Waals surface area contributed by atoms with Crippen molar-refractivity contribution in [2.45, 2.75) is 38.8 Å². The first kappa shape index (κ1) is 22.5. The average molecular weight is 455 g/mol. The van der Waals surface area contributed by atoms with Gasteiger partial charge in [0.2, 0.25) is 0 Å². The van der Waals surface area contributed by atoms with Gasteiger partial charge in [0, 0.05) is 23.4 Å². The molecule has 0 aromatic heterocycles. The van der Waals surface area contributed by atoms with Crippen LogP contribution in [0.5, 0.6) is 11.5 Å². The van der Waals surface area contributed by atoms with Crippen LogP contribution in [0.2, 0.25) is 0 Å². The van der Waals surface area contributed by atoms with E-state index in [-0.39, 0.29) is 11.6 Å². The third-order valence-electron chi connectivity index (χ3n) is 6.76. The number of ether oxygens (including phenoxy) is 2. The number of nitrogens with one attached hydrogen (secondary N) is 1. The molecule has 0 spiro atoms. The molecule has 176 valence electrons. The zero-order chi connectivity index (χ0) is 24.0. The van der Waals surface area contributed by atoms with Gasteiger partial charge in [-0.15, -0.1) is 0 Å². The third-order valence-corrected chi connectivity index (χ3v) is 6.76. The molecule has 0 fully saturated rings. The Hall–Kier alpha value is -3.24. The quantitative estimate of drug-likeness (QED) is 0.474. The maximum atomic E-state index is 6.79. The fourth-order valence-corrected chi connectivity index (χ4v) is 5.37. The molecule has 0 saturated carbocycles. The summed E-state index contributed by atoms with van der Waals surface area (Å²) in [6, 6.07) is 19.4. The molecule has 1 N–H and O–H groups in total. The van der Waals surface area contributed by atoms with Crippen molar-refractivity contribution >= 4 is 11.3 Å². The molecule has 2 aliphatic rings. The largest absolute Gasteiger partial charge is 0.496 e.